The van der Waals surface area contributed by atoms with Gasteiger partial charge in [0.2, 0.25) is 12.0 Å². The number of alkyl carbamates (subject to hydrolysis) is 1. The molecule has 0 spiro atoms. The van der Waals surface area contributed by atoms with Crippen molar-refractivity contribution in [1.29, 1.82) is 0 Å². The average Bonchev–Trinajstić information content (AvgIpc) is 0.723. The monoisotopic (exact) mass is 1410 g/mol. The van der Waals surface area contributed by atoms with Crippen LogP contribution in [-0.4, -0.2) is 187 Å². The number of amides is 3. The molecule has 5 aliphatic rings. The Morgan fingerprint density at radius 3 is 2.12 bits per heavy atom. The molecule has 102 heavy (non-hydrogen) atoms. The number of esters is 4. The highest BCUT2D eigenvalue weighted by molar-refractivity contribution is 6.03. The van der Waals surface area contributed by atoms with E-state index < -0.39 is 131 Å². The fourth-order valence-electron chi connectivity index (χ4n) is 15.6. The second-order valence-corrected chi connectivity index (χ2v) is 29.5. The molecule has 1 aromatic heterocycles. The number of fused-ring (bicyclic) bond motifs is 5. The Bertz CT molecular complexity index is 3970. The zero-order valence-electron chi connectivity index (χ0n) is 59.7. The molecule has 11 atom stereocenters. The summed E-state index contributed by atoms with van der Waals surface area (Å²) in [7, 11) is 0. The number of carbonyl (C=O) groups excluding carboxylic acids is 8. The highest BCUT2D eigenvalue weighted by atomic mass is 16.6. The number of benzene rings is 4. The molecular formula is C77H95N5O20. The number of nitrogens with one attached hydrogen (secondary N) is 2. The van der Waals surface area contributed by atoms with Gasteiger partial charge in [0.1, 0.15) is 47.1 Å². The topological polar surface area (TPSA) is 350 Å². The standard InChI is InChI=1S/C77H95N5O20/c1-12-78-69(91)62-60(64(102-80-62)52-36-50(43(2)3)53(84)38-54(52)85)48-29-27-46(28-30-48)41-81-32-34-82(35-33-81)58(87)26-20-15-21-31-79-72(94)98-65(51(47-22-16-13-17-23-47)37-59(88)101-73(6,7)8)71(93)97-55-40-77(95)68(99-70(92)49-24-18-14-19-25-49)66-75(11,67(90)63(89)61(44(55)4)74(77,9)10)56(86)39-57-76(66,42-96-57)100-45(5)83/h13-14,16-19,22-25,27-30,36,38,43,51,55-57,63,65-66,68,84-86,89,95H,12,15,20-21,26,31-35,37,39-42H2,1-11H3,(H,78,91)(H,79,94)/t51-,55-,56?,57+,63+,65+,66-,68-,75+,76-,77+/m0/s1. The minimum absolute atomic E-state index is 0.0183. The predicted octanol–water partition coefficient (Wildman–Crippen LogP) is 8.75. The van der Waals surface area contributed by atoms with Crippen molar-refractivity contribution in [3.8, 4) is 33.9 Å². The Morgan fingerprint density at radius 1 is 0.833 bits per heavy atom. The van der Waals surface area contributed by atoms with Gasteiger partial charge in [-0.2, -0.15) is 0 Å². The molecule has 3 amide bonds. The molecule has 2 bridgehead atoms. The van der Waals surface area contributed by atoms with Crippen LogP contribution < -0.4 is 10.6 Å². The Hall–Kier alpha value is -9.01. The number of phenolic OH excluding ortho intramolecular Hbond substituents is 2. The molecule has 7 N–H and O–H groups in total. The van der Waals surface area contributed by atoms with Gasteiger partial charge in [0, 0.05) is 89.4 Å². The van der Waals surface area contributed by atoms with E-state index in [0.717, 1.165) is 12.5 Å². The lowest BCUT2D eigenvalue weighted by atomic mass is 9.44. The molecule has 5 aromatic rings. The van der Waals surface area contributed by atoms with Gasteiger partial charge in [0.05, 0.1) is 47.2 Å². The van der Waals surface area contributed by atoms with Gasteiger partial charge in [-0.25, -0.2) is 14.4 Å². The van der Waals surface area contributed by atoms with E-state index in [0.29, 0.717) is 80.8 Å². The molecular weight excluding hydrogens is 1310 g/mol. The van der Waals surface area contributed by atoms with Crippen molar-refractivity contribution in [3.05, 3.63) is 136 Å². The highest BCUT2D eigenvalue weighted by Gasteiger charge is 2.78. The number of rotatable bonds is 23. The Balaban J connectivity index is 0.813. The molecule has 2 aliphatic heterocycles. The first-order valence-electron chi connectivity index (χ1n) is 35.0. The van der Waals surface area contributed by atoms with E-state index >= 15 is 9.59 Å². The van der Waals surface area contributed by atoms with Crippen LogP contribution in [0.3, 0.4) is 0 Å². The zero-order valence-corrected chi connectivity index (χ0v) is 59.7. The number of carbonyl (C=O) groups is 8. The molecule has 4 aromatic carbocycles. The van der Waals surface area contributed by atoms with Crippen LogP contribution in [0.5, 0.6) is 11.5 Å². The number of unbranched alkanes of at least 4 members (excludes halogenated alkanes) is 2. The molecule has 1 unspecified atom stereocenters. The van der Waals surface area contributed by atoms with Crippen LogP contribution in [0.2, 0.25) is 0 Å². The van der Waals surface area contributed by atoms with Crippen molar-refractivity contribution in [2.75, 3.05) is 45.9 Å². The molecule has 3 heterocycles. The van der Waals surface area contributed by atoms with Crippen LogP contribution in [0, 0.1) is 16.7 Å². The van der Waals surface area contributed by atoms with Gasteiger partial charge < -0.3 is 74.0 Å². The lowest BCUT2D eigenvalue weighted by Crippen LogP contribution is -2.81. The van der Waals surface area contributed by atoms with E-state index in [4.69, 9.17) is 32.9 Å². The van der Waals surface area contributed by atoms with Crippen molar-refractivity contribution >= 4 is 47.6 Å². The number of aliphatic hydroxyl groups excluding tert-OH is 2. The Kier molecular flexibility index (Phi) is 22.6. The van der Waals surface area contributed by atoms with Gasteiger partial charge in [-0.3, -0.25) is 28.9 Å². The Labute approximate surface area is 593 Å². The van der Waals surface area contributed by atoms with Gasteiger partial charge in [0.25, 0.3) is 5.91 Å². The molecule has 10 rings (SSSR count). The molecule has 2 saturated heterocycles. The summed E-state index contributed by atoms with van der Waals surface area (Å²) in [5, 5.41) is 69.8. The third-order valence-electron chi connectivity index (χ3n) is 21.0. The first-order valence-corrected chi connectivity index (χ1v) is 35.0. The maximum Gasteiger partial charge on any atom is 0.408 e. The van der Waals surface area contributed by atoms with E-state index in [2.05, 4.69) is 20.7 Å². The zero-order chi connectivity index (χ0) is 74.0. The van der Waals surface area contributed by atoms with Gasteiger partial charge >= 0.3 is 30.0 Å². The van der Waals surface area contributed by atoms with E-state index in [9.17, 15) is 54.3 Å². The average molecular weight is 1410 g/mol. The summed E-state index contributed by atoms with van der Waals surface area (Å²) < 4.78 is 42.5. The number of piperazine rings is 1. The molecule has 25 nitrogen and oxygen atoms in total. The third-order valence-corrected chi connectivity index (χ3v) is 21.0. The number of Topliss-reactive ketones (excluding diaryl/α,β-unsaturated/α-hetero) is 1. The molecule has 548 valence electrons. The second kappa shape index (κ2) is 30.5. The summed E-state index contributed by atoms with van der Waals surface area (Å²) in [6, 6.07) is 26.6. The van der Waals surface area contributed by atoms with E-state index in [1.807, 2.05) is 43.0 Å². The summed E-state index contributed by atoms with van der Waals surface area (Å²) in [6.45, 7) is 20.6. The fourth-order valence-corrected chi connectivity index (χ4v) is 15.6. The van der Waals surface area contributed by atoms with Crippen molar-refractivity contribution in [2.45, 2.75) is 193 Å². The smallest absolute Gasteiger partial charge is 0.408 e. The van der Waals surface area contributed by atoms with Crippen molar-refractivity contribution in [2.24, 2.45) is 16.7 Å². The minimum atomic E-state index is -2.46. The number of hydrogen-bond acceptors (Lipinski definition) is 22. The molecule has 2 saturated carbocycles. The Morgan fingerprint density at radius 2 is 1.50 bits per heavy atom. The number of aliphatic hydroxyl groups is 3. The lowest BCUT2D eigenvalue weighted by Gasteiger charge is -2.67. The van der Waals surface area contributed by atoms with Crippen LogP contribution in [0.4, 0.5) is 4.79 Å². The van der Waals surface area contributed by atoms with Crippen molar-refractivity contribution < 1.29 is 96.8 Å². The molecule has 4 fully saturated rings. The quantitative estimate of drug-likeness (QED) is 0.0139. The summed E-state index contributed by atoms with van der Waals surface area (Å²) in [6.07, 6.45) is -10.9. The predicted molar refractivity (Wildman–Crippen MR) is 370 cm³/mol. The summed E-state index contributed by atoms with van der Waals surface area (Å²) in [5.74, 6) is -8.21. The molecule has 25 heteroatoms. The maximum absolute atomic E-state index is 15.4. The van der Waals surface area contributed by atoms with Crippen LogP contribution in [-0.2, 0) is 58.9 Å². The van der Waals surface area contributed by atoms with Crippen molar-refractivity contribution in [1.82, 2.24) is 25.6 Å². The number of aromatic hydroxyl groups is 2. The third kappa shape index (κ3) is 15.2. The first kappa shape index (κ1) is 75.6. The maximum atomic E-state index is 15.4. The molecule has 3 aliphatic carbocycles. The fraction of sp³-hybridized carbons (Fsp3) is 0.519. The highest BCUT2D eigenvalue weighted by Crippen LogP contribution is 2.64. The summed E-state index contributed by atoms with van der Waals surface area (Å²) in [4.78, 5) is 118. The van der Waals surface area contributed by atoms with Gasteiger partial charge in [-0.05, 0) is 112 Å². The minimum Gasteiger partial charge on any atom is -0.508 e. The summed E-state index contributed by atoms with van der Waals surface area (Å²) >= 11 is 0. The first-order chi connectivity index (χ1) is 48.2. The van der Waals surface area contributed by atoms with Crippen LogP contribution >= 0.6 is 0 Å². The molecule has 0 radical (unpaired) electrons. The summed E-state index contributed by atoms with van der Waals surface area (Å²) in [5.41, 5.74) is -5.75. The number of aromatic nitrogens is 1. The van der Waals surface area contributed by atoms with E-state index in [1.165, 1.54) is 45.9 Å². The van der Waals surface area contributed by atoms with E-state index in [1.54, 1.807) is 82.3 Å². The van der Waals surface area contributed by atoms with Gasteiger partial charge in [-0.1, -0.05) is 112 Å². The van der Waals surface area contributed by atoms with Crippen LogP contribution in [0.25, 0.3) is 22.5 Å². The number of phenols is 2. The van der Waals surface area contributed by atoms with Gasteiger partial charge in [0.15, 0.2) is 22.8 Å². The number of ether oxygens (including phenoxy) is 6. The number of hydrogen-bond donors (Lipinski definition) is 7. The van der Waals surface area contributed by atoms with Gasteiger partial charge in [-0.15, -0.1) is 0 Å². The van der Waals surface area contributed by atoms with Crippen molar-refractivity contribution in [3.63, 3.8) is 0 Å². The number of nitrogens with zero attached hydrogens (tertiary/aromatic N) is 3. The largest absolute Gasteiger partial charge is 0.508 e. The lowest BCUT2D eigenvalue weighted by molar-refractivity contribution is -0.346. The normalized spacial score (nSPS) is 25.2. The second-order valence-electron chi connectivity index (χ2n) is 29.5. The van der Waals surface area contributed by atoms with Crippen LogP contribution in [0.15, 0.2) is 113 Å². The number of ketones is 1. The van der Waals surface area contributed by atoms with Crippen LogP contribution in [0.1, 0.15) is 170 Å². The van der Waals surface area contributed by atoms with E-state index in [-0.39, 0.29) is 83.0 Å². The SMILES string of the molecule is CCNC(=O)c1noc(-c2cc(C(C)C)c(O)cc2O)c1-c1ccc(CN2CCN(C(=O)CCCCCNC(=O)O[C@@H](C(=O)O[C@H]3C[C@@]4(O)[C@@H](OC(=O)c5ccccc5)[C@@H]5[C@]6(OC(C)=O)CO[C@@H]6CC(O)[C@@]5(C)C(=O)[C@H](O)C(=C3C)C4(C)C)[C@@H](CC(=O)OC(C)(C)C)c3ccccc3)CC2)cc1.